The number of hydrogen-bond donors (Lipinski definition) is 2. The molecule has 2 N–H and O–H groups in total. The summed E-state index contributed by atoms with van der Waals surface area (Å²) in [5.41, 5.74) is -2.97. The van der Waals surface area contributed by atoms with E-state index in [1.54, 1.807) is 12.1 Å². The summed E-state index contributed by atoms with van der Waals surface area (Å²) in [6.45, 7) is 1.26. The molecule has 4 aromatic rings. The van der Waals surface area contributed by atoms with Gasteiger partial charge >= 0.3 is 11.9 Å². The summed E-state index contributed by atoms with van der Waals surface area (Å²) in [6, 6.07) is 19.7. The molecule has 0 aliphatic carbocycles. The zero-order valence-electron chi connectivity index (χ0n) is 20.5. The van der Waals surface area contributed by atoms with Crippen molar-refractivity contribution in [1.29, 1.82) is 0 Å². The maximum absolute atomic E-state index is 14.7. The summed E-state index contributed by atoms with van der Waals surface area (Å²) in [7, 11) is 0. The third kappa shape index (κ3) is 5.24. The molecule has 39 heavy (non-hydrogen) atoms. The average Bonchev–Trinajstić information content (AvgIpc) is 2.96. The Hall–Kier alpha value is -5.31. The van der Waals surface area contributed by atoms with Crippen LogP contribution in [-0.4, -0.2) is 40.3 Å². The van der Waals surface area contributed by atoms with Crippen molar-refractivity contribution in [2.45, 2.75) is 6.92 Å². The molecule has 4 aromatic carbocycles. The van der Waals surface area contributed by atoms with Gasteiger partial charge in [0.2, 0.25) is 11.5 Å². The molecule has 0 spiro atoms. The van der Waals surface area contributed by atoms with E-state index in [4.69, 9.17) is 9.47 Å². The summed E-state index contributed by atoms with van der Waals surface area (Å²) in [4.78, 5) is 53.5. The topological polar surface area (TPSA) is 127 Å². The largest absolute Gasteiger partial charge is 0.504 e. The number of phenolic OH excluding ortho intramolecular Hbond substituents is 2. The molecular formula is C30H21FO8. The van der Waals surface area contributed by atoms with Gasteiger partial charge in [0, 0.05) is 5.56 Å². The molecule has 0 unspecified atom stereocenters. The van der Waals surface area contributed by atoms with Gasteiger partial charge < -0.3 is 19.7 Å². The van der Waals surface area contributed by atoms with Gasteiger partial charge in [-0.1, -0.05) is 60.7 Å². The van der Waals surface area contributed by atoms with Crippen LogP contribution in [0.3, 0.4) is 0 Å². The Bertz CT molecular complexity index is 1580. The number of phenols is 2. The molecule has 196 valence electrons. The number of esters is 2. The first-order chi connectivity index (χ1) is 18.8. The minimum atomic E-state index is -1.25. The maximum Gasteiger partial charge on any atom is 0.343 e. The van der Waals surface area contributed by atoms with Crippen molar-refractivity contribution in [3.63, 3.8) is 0 Å². The van der Waals surface area contributed by atoms with Gasteiger partial charge in [-0.25, -0.2) is 14.0 Å². The Balaban J connectivity index is 2.07. The standard InChI is InChI=1S/C30H21FO8/c1-2-38-30(37)21-22(24(32)17-11-5-3-6-12-17)26(34)27(35)28(39-29(36)18-13-7-4-8-14-18)23(21)25(33)19-15-9-10-16-20(19)31/h3-16,34-35H,2H2,1H3. The second-order valence-electron chi connectivity index (χ2n) is 8.13. The van der Waals surface area contributed by atoms with Crippen LogP contribution in [0.25, 0.3) is 0 Å². The first-order valence-corrected chi connectivity index (χ1v) is 11.7. The summed E-state index contributed by atoms with van der Waals surface area (Å²) >= 11 is 0. The van der Waals surface area contributed by atoms with Crippen molar-refractivity contribution in [1.82, 2.24) is 0 Å². The molecule has 0 aliphatic rings. The number of ether oxygens (including phenoxy) is 2. The van der Waals surface area contributed by atoms with Crippen LogP contribution in [0.1, 0.15) is 59.5 Å². The quantitative estimate of drug-likeness (QED) is 0.140. The zero-order chi connectivity index (χ0) is 28.1. The SMILES string of the molecule is CCOC(=O)c1c(C(=O)c2ccccc2)c(O)c(O)c(OC(=O)c2ccccc2)c1C(=O)c1ccccc1F. The third-order valence-electron chi connectivity index (χ3n) is 5.70. The van der Waals surface area contributed by atoms with E-state index in [0.29, 0.717) is 0 Å². The lowest BCUT2D eigenvalue weighted by atomic mass is 9.88. The van der Waals surface area contributed by atoms with Crippen molar-refractivity contribution >= 4 is 23.5 Å². The number of halogens is 1. The van der Waals surface area contributed by atoms with E-state index < -0.39 is 68.8 Å². The van der Waals surface area contributed by atoms with Crippen LogP contribution < -0.4 is 4.74 Å². The highest BCUT2D eigenvalue weighted by molar-refractivity contribution is 6.24. The molecule has 0 saturated heterocycles. The number of benzene rings is 4. The first-order valence-electron chi connectivity index (χ1n) is 11.7. The Morgan fingerprint density at radius 1 is 0.667 bits per heavy atom. The number of aromatic hydroxyl groups is 2. The number of ketones is 2. The Morgan fingerprint density at radius 2 is 1.23 bits per heavy atom. The van der Waals surface area contributed by atoms with Crippen molar-refractivity contribution < 1.29 is 43.3 Å². The van der Waals surface area contributed by atoms with Crippen LogP contribution in [0, 0.1) is 5.82 Å². The van der Waals surface area contributed by atoms with Crippen molar-refractivity contribution in [2.75, 3.05) is 6.61 Å². The lowest BCUT2D eigenvalue weighted by Gasteiger charge is -2.20. The van der Waals surface area contributed by atoms with Gasteiger partial charge in [-0.2, -0.15) is 0 Å². The smallest absolute Gasteiger partial charge is 0.343 e. The molecule has 0 amide bonds. The van der Waals surface area contributed by atoms with Gasteiger partial charge in [0.15, 0.2) is 17.3 Å². The Labute approximate surface area is 221 Å². The lowest BCUT2D eigenvalue weighted by molar-refractivity contribution is 0.0517. The van der Waals surface area contributed by atoms with Gasteiger partial charge in [-0.15, -0.1) is 0 Å². The molecule has 0 aliphatic heterocycles. The Morgan fingerprint density at radius 3 is 1.82 bits per heavy atom. The van der Waals surface area contributed by atoms with Crippen LogP contribution in [0.15, 0.2) is 84.9 Å². The molecule has 0 radical (unpaired) electrons. The Kier molecular flexibility index (Phi) is 7.81. The van der Waals surface area contributed by atoms with Gasteiger partial charge in [-0.3, -0.25) is 9.59 Å². The van der Waals surface area contributed by atoms with Gasteiger partial charge in [0.25, 0.3) is 0 Å². The molecule has 0 atom stereocenters. The van der Waals surface area contributed by atoms with Crippen molar-refractivity contribution in [3.05, 3.63) is 124 Å². The molecule has 9 heteroatoms. The van der Waals surface area contributed by atoms with E-state index in [1.165, 1.54) is 67.6 Å². The van der Waals surface area contributed by atoms with Gasteiger partial charge in [0.1, 0.15) is 5.82 Å². The highest BCUT2D eigenvalue weighted by Gasteiger charge is 2.38. The zero-order valence-corrected chi connectivity index (χ0v) is 20.5. The van der Waals surface area contributed by atoms with E-state index in [9.17, 15) is 33.8 Å². The fourth-order valence-electron chi connectivity index (χ4n) is 3.89. The van der Waals surface area contributed by atoms with Gasteiger partial charge in [-0.05, 0) is 31.2 Å². The van der Waals surface area contributed by atoms with E-state index in [1.807, 2.05) is 0 Å². The molecular weight excluding hydrogens is 507 g/mol. The fraction of sp³-hybridized carbons (Fsp3) is 0.0667. The molecule has 4 rings (SSSR count). The van der Waals surface area contributed by atoms with Crippen LogP contribution in [0.2, 0.25) is 0 Å². The normalized spacial score (nSPS) is 10.5. The predicted octanol–water partition coefficient (Wildman–Crippen LogP) is 5.09. The first kappa shape index (κ1) is 26.7. The summed E-state index contributed by atoms with van der Waals surface area (Å²) in [5.74, 6) is -8.70. The summed E-state index contributed by atoms with van der Waals surface area (Å²) in [5, 5.41) is 21.9. The summed E-state index contributed by atoms with van der Waals surface area (Å²) < 4.78 is 25.2. The van der Waals surface area contributed by atoms with Crippen LogP contribution in [0.5, 0.6) is 17.2 Å². The van der Waals surface area contributed by atoms with E-state index in [-0.39, 0.29) is 17.7 Å². The van der Waals surface area contributed by atoms with Crippen molar-refractivity contribution in [2.24, 2.45) is 0 Å². The predicted molar refractivity (Wildman–Crippen MR) is 137 cm³/mol. The minimum Gasteiger partial charge on any atom is -0.504 e. The maximum atomic E-state index is 14.7. The van der Waals surface area contributed by atoms with Gasteiger partial charge in [0.05, 0.1) is 34.4 Å². The highest BCUT2D eigenvalue weighted by Crippen LogP contribution is 2.46. The highest BCUT2D eigenvalue weighted by atomic mass is 19.1. The van der Waals surface area contributed by atoms with E-state index in [2.05, 4.69) is 0 Å². The molecule has 0 aromatic heterocycles. The summed E-state index contributed by atoms with van der Waals surface area (Å²) in [6.07, 6.45) is 0. The number of hydrogen-bond acceptors (Lipinski definition) is 8. The van der Waals surface area contributed by atoms with Crippen LogP contribution in [-0.2, 0) is 4.74 Å². The van der Waals surface area contributed by atoms with Crippen LogP contribution >= 0.6 is 0 Å². The molecule has 8 nitrogen and oxygen atoms in total. The van der Waals surface area contributed by atoms with Crippen molar-refractivity contribution in [3.8, 4) is 17.2 Å². The third-order valence-corrected chi connectivity index (χ3v) is 5.70. The van der Waals surface area contributed by atoms with E-state index in [0.717, 1.165) is 12.1 Å². The second-order valence-corrected chi connectivity index (χ2v) is 8.13. The average molecular weight is 528 g/mol. The lowest BCUT2D eigenvalue weighted by Crippen LogP contribution is -2.22. The second kappa shape index (κ2) is 11.4. The number of carbonyl (C=O) groups is 4. The van der Waals surface area contributed by atoms with E-state index >= 15 is 0 Å². The van der Waals surface area contributed by atoms with Crippen LogP contribution in [0.4, 0.5) is 4.39 Å². The number of carbonyl (C=O) groups excluding carboxylic acids is 4. The minimum absolute atomic E-state index is 0.00260. The molecule has 0 heterocycles. The molecule has 0 fully saturated rings. The fourth-order valence-corrected chi connectivity index (χ4v) is 3.89. The number of rotatable bonds is 8. The molecule has 0 saturated carbocycles. The monoisotopic (exact) mass is 528 g/mol. The molecule has 0 bridgehead atoms.